The number of rotatable bonds is 1. The van der Waals surface area contributed by atoms with E-state index in [4.69, 9.17) is 0 Å². The summed E-state index contributed by atoms with van der Waals surface area (Å²) in [7, 11) is 1.83. The smallest absolute Gasteiger partial charge is 0.166 e. The number of hydrogen-bond donors (Lipinski definition) is 0. The number of halogens is 1. The molecule has 2 rings (SSSR count). The lowest BCUT2D eigenvalue weighted by Gasteiger charge is -1.95. The number of aromatic nitrogens is 2. The van der Waals surface area contributed by atoms with Crippen LogP contribution < -0.4 is 0 Å². The van der Waals surface area contributed by atoms with Crippen molar-refractivity contribution in [2.75, 3.05) is 0 Å². The van der Waals surface area contributed by atoms with Gasteiger partial charge in [-0.05, 0) is 28.1 Å². The highest BCUT2D eigenvalue weighted by molar-refractivity contribution is 9.10. The fourth-order valence-electron chi connectivity index (χ4n) is 1.33. The maximum Gasteiger partial charge on any atom is 0.166 e. The summed E-state index contributed by atoms with van der Waals surface area (Å²) in [6.45, 7) is 0. The van der Waals surface area contributed by atoms with Crippen LogP contribution in [-0.2, 0) is 7.05 Å². The highest BCUT2D eigenvalue weighted by Crippen LogP contribution is 2.19. The monoisotopic (exact) mass is 238 g/mol. The molecule has 0 saturated carbocycles. The van der Waals surface area contributed by atoms with Crippen LogP contribution in [0.3, 0.4) is 0 Å². The lowest BCUT2D eigenvalue weighted by molar-refractivity contribution is 0.111. The minimum atomic E-state index is 0.639. The third kappa shape index (κ3) is 1.27. The van der Waals surface area contributed by atoms with Crippen LogP contribution in [0.5, 0.6) is 0 Å². The molecule has 0 aliphatic heterocycles. The van der Waals surface area contributed by atoms with Gasteiger partial charge in [0.25, 0.3) is 0 Å². The van der Waals surface area contributed by atoms with E-state index < -0.39 is 0 Å². The van der Waals surface area contributed by atoms with Crippen LogP contribution >= 0.6 is 15.9 Å². The van der Waals surface area contributed by atoms with Crippen LogP contribution in [-0.4, -0.2) is 15.8 Å². The zero-order valence-corrected chi connectivity index (χ0v) is 8.58. The van der Waals surface area contributed by atoms with E-state index in [9.17, 15) is 4.79 Å². The third-order valence-corrected chi connectivity index (χ3v) is 2.42. The number of aryl methyl sites for hydroxylation is 1. The van der Waals surface area contributed by atoms with Crippen molar-refractivity contribution in [1.82, 2.24) is 9.55 Å². The summed E-state index contributed by atoms with van der Waals surface area (Å²) in [6, 6.07) is 3.76. The molecule has 0 amide bonds. The second-order valence-corrected chi connectivity index (χ2v) is 3.73. The number of nitrogens with zero attached hydrogens (tertiary/aromatic N) is 2. The van der Waals surface area contributed by atoms with Gasteiger partial charge in [-0.3, -0.25) is 4.79 Å². The second-order valence-electron chi connectivity index (χ2n) is 2.81. The lowest BCUT2D eigenvalue weighted by Crippen LogP contribution is -1.94. The van der Waals surface area contributed by atoms with E-state index in [2.05, 4.69) is 20.9 Å². The molecule has 0 fully saturated rings. The summed E-state index contributed by atoms with van der Waals surface area (Å²) in [6.07, 6.45) is 2.55. The Kier molecular flexibility index (Phi) is 1.92. The summed E-state index contributed by atoms with van der Waals surface area (Å²) >= 11 is 3.33. The summed E-state index contributed by atoms with van der Waals surface area (Å²) < 4.78 is 2.69. The quantitative estimate of drug-likeness (QED) is 0.714. The Labute approximate surface area is 83.5 Å². The minimum Gasteiger partial charge on any atom is -0.326 e. The van der Waals surface area contributed by atoms with Gasteiger partial charge in [-0.25, -0.2) is 4.98 Å². The van der Waals surface area contributed by atoms with Gasteiger partial charge in [-0.15, -0.1) is 0 Å². The molecule has 2 heterocycles. The Morgan fingerprint density at radius 2 is 2.31 bits per heavy atom. The van der Waals surface area contributed by atoms with Gasteiger partial charge < -0.3 is 4.57 Å². The van der Waals surface area contributed by atoms with Crippen LogP contribution in [0.4, 0.5) is 0 Å². The standard InChI is InChI=1S/C9H7BrN2O/c1-12-8(5-13)3-6-2-7(10)4-11-9(6)12/h2-5H,1H3. The third-order valence-electron chi connectivity index (χ3n) is 1.99. The first-order valence-electron chi connectivity index (χ1n) is 3.78. The largest absolute Gasteiger partial charge is 0.326 e. The summed E-state index contributed by atoms with van der Waals surface area (Å²) in [5.41, 5.74) is 1.46. The van der Waals surface area contributed by atoms with Crippen molar-refractivity contribution in [3.8, 4) is 0 Å². The van der Waals surface area contributed by atoms with Gasteiger partial charge in [0.05, 0.1) is 5.69 Å². The van der Waals surface area contributed by atoms with E-state index in [1.165, 1.54) is 0 Å². The number of pyridine rings is 1. The summed E-state index contributed by atoms with van der Waals surface area (Å²) in [4.78, 5) is 14.8. The Morgan fingerprint density at radius 3 is 3.00 bits per heavy atom. The average Bonchev–Trinajstić information content (AvgIpc) is 2.42. The Balaban J connectivity index is 2.83. The number of fused-ring (bicyclic) bond motifs is 1. The van der Waals surface area contributed by atoms with E-state index in [1.54, 1.807) is 10.8 Å². The van der Waals surface area contributed by atoms with E-state index in [1.807, 2.05) is 19.2 Å². The molecule has 3 nitrogen and oxygen atoms in total. The molecule has 66 valence electrons. The first kappa shape index (κ1) is 8.44. The molecule has 0 saturated heterocycles. The van der Waals surface area contributed by atoms with Crippen LogP contribution in [0.1, 0.15) is 10.5 Å². The van der Waals surface area contributed by atoms with Crippen molar-refractivity contribution in [3.05, 3.63) is 28.5 Å². The van der Waals surface area contributed by atoms with Crippen molar-refractivity contribution < 1.29 is 4.79 Å². The molecule has 2 aromatic rings. The zero-order valence-electron chi connectivity index (χ0n) is 6.99. The van der Waals surface area contributed by atoms with Crippen molar-refractivity contribution >= 4 is 33.2 Å². The molecular weight excluding hydrogens is 232 g/mol. The van der Waals surface area contributed by atoms with Crippen LogP contribution in [0, 0.1) is 0 Å². The van der Waals surface area contributed by atoms with Gasteiger partial charge in [0.2, 0.25) is 0 Å². The molecule has 0 N–H and O–H groups in total. The molecule has 4 heteroatoms. The molecule has 0 aromatic carbocycles. The van der Waals surface area contributed by atoms with Crippen molar-refractivity contribution in [3.63, 3.8) is 0 Å². The molecule has 0 bridgehead atoms. The van der Waals surface area contributed by atoms with E-state index in [-0.39, 0.29) is 0 Å². The fourth-order valence-corrected chi connectivity index (χ4v) is 1.67. The molecule has 0 aliphatic carbocycles. The highest BCUT2D eigenvalue weighted by atomic mass is 79.9. The molecule has 0 spiro atoms. The van der Waals surface area contributed by atoms with Crippen molar-refractivity contribution in [2.24, 2.45) is 7.05 Å². The van der Waals surface area contributed by atoms with Gasteiger partial charge in [-0.2, -0.15) is 0 Å². The van der Waals surface area contributed by atoms with Gasteiger partial charge in [0.15, 0.2) is 6.29 Å². The van der Waals surface area contributed by atoms with E-state index in [0.29, 0.717) is 5.69 Å². The predicted octanol–water partition coefficient (Wildman–Crippen LogP) is 2.15. The molecule has 0 atom stereocenters. The van der Waals surface area contributed by atoms with Gasteiger partial charge >= 0.3 is 0 Å². The SMILES string of the molecule is Cn1c(C=O)cc2cc(Br)cnc21. The molecule has 0 aliphatic rings. The lowest BCUT2D eigenvalue weighted by atomic mass is 10.3. The summed E-state index contributed by atoms with van der Waals surface area (Å²) in [5.74, 6) is 0. The van der Waals surface area contributed by atoms with Crippen LogP contribution in [0.25, 0.3) is 11.0 Å². The highest BCUT2D eigenvalue weighted by Gasteiger charge is 2.05. The van der Waals surface area contributed by atoms with Crippen molar-refractivity contribution in [2.45, 2.75) is 0 Å². The first-order valence-corrected chi connectivity index (χ1v) is 4.58. The predicted molar refractivity (Wildman–Crippen MR) is 53.8 cm³/mol. The Hall–Kier alpha value is -1.16. The van der Waals surface area contributed by atoms with Crippen LogP contribution in [0.2, 0.25) is 0 Å². The summed E-state index contributed by atoms with van der Waals surface area (Å²) in [5, 5.41) is 0.971. The first-order chi connectivity index (χ1) is 6.22. The minimum absolute atomic E-state index is 0.639. The second kappa shape index (κ2) is 2.96. The number of carbonyl (C=O) groups is 1. The molecule has 0 radical (unpaired) electrons. The van der Waals surface area contributed by atoms with Crippen molar-refractivity contribution in [1.29, 1.82) is 0 Å². The van der Waals surface area contributed by atoms with E-state index in [0.717, 1.165) is 21.8 Å². The van der Waals surface area contributed by atoms with Gasteiger partial charge in [0, 0.05) is 23.1 Å². The molecule has 0 unspecified atom stereocenters. The van der Waals surface area contributed by atoms with E-state index >= 15 is 0 Å². The van der Waals surface area contributed by atoms with Gasteiger partial charge in [0.1, 0.15) is 5.65 Å². The molecular formula is C9H7BrN2O. The number of hydrogen-bond acceptors (Lipinski definition) is 2. The Bertz CT molecular complexity index is 476. The average molecular weight is 239 g/mol. The fraction of sp³-hybridized carbons (Fsp3) is 0.111. The zero-order chi connectivity index (χ0) is 9.42. The molecule has 2 aromatic heterocycles. The topological polar surface area (TPSA) is 34.9 Å². The normalized spacial score (nSPS) is 10.6. The maximum absolute atomic E-state index is 10.6. The Morgan fingerprint density at radius 1 is 1.54 bits per heavy atom. The maximum atomic E-state index is 10.6. The molecule has 13 heavy (non-hydrogen) atoms. The van der Waals surface area contributed by atoms with Gasteiger partial charge in [-0.1, -0.05) is 0 Å². The number of carbonyl (C=O) groups excluding carboxylic acids is 1. The van der Waals surface area contributed by atoms with Crippen LogP contribution in [0.15, 0.2) is 22.8 Å². The number of aldehydes is 1.